The Morgan fingerprint density at radius 1 is 1.44 bits per heavy atom. The summed E-state index contributed by atoms with van der Waals surface area (Å²) in [4.78, 5) is 28.8. The average Bonchev–Trinajstić information content (AvgIpc) is 2.38. The Morgan fingerprint density at radius 3 is 2.89 bits per heavy atom. The summed E-state index contributed by atoms with van der Waals surface area (Å²) >= 11 is 0. The number of carboxylic acids is 1. The average molecular weight is 248 g/mol. The zero-order chi connectivity index (χ0) is 13.1. The summed E-state index contributed by atoms with van der Waals surface area (Å²) in [5.74, 6) is -1.40. The lowest BCUT2D eigenvalue weighted by atomic mass is 9.98. The standard InChI is InChI=1S/C13H16N2O3/c1-9-5-11(7-14-6-9)12(16)15-4-2-3-10(8-15)13(17)18/h5-7,10H,2-4,8H2,1H3,(H,17,18)/t10-/m0/s1. The van der Waals surface area contributed by atoms with E-state index < -0.39 is 11.9 Å². The summed E-state index contributed by atoms with van der Waals surface area (Å²) < 4.78 is 0. The van der Waals surface area contributed by atoms with Gasteiger partial charge in [0.1, 0.15) is 0 Å². The lowest BCUT2D eigenvalue weighted by Crippen LogP contribution is -2.42. The largest absolute Gasteiger partial charge is 0.481 e. The number of rotatable bonds is 2. The maximum atomic E-state index is 12.2. The zero-order valence-electron chi connectivity index (χ0n) is 10.3. The van der Waals surface area contributed by atoms with Gasteiger partial charge in [-0.05, 0) is 31.4 Å². The number of likely N-dealkylation sites (tertiary alicyclic amines) is 1. The molecule has 1 aliphatic heterocycles. The Labute approximate surface area is 105 Å². The number of carbonyl (C=O) groups excluding carboxylic acids is 1. The first kappa shape index (κ1) is 12.5. The van der Waals surface area contributed by atoms with Gasteiger partial charge in [-0.3, -0.25) is 14.6 Å². The van der Waals surface area contributed by atoms with Crippen molar-refractivity contribution in [2.24, 2.45) is 5.92 Å². The molecular formula is C13H16N2O3. The fraction of sp³-hybridized carbons (Fsp3) is 0.462. The minimum atomic E-state index is -0.824. The Bertz CT molecular complexity index is 473. The molecule has 0 radical (unpaired) electrons. The highest BCUT2D eigenvalue weighted by Crippen LogP contribution is 2.18. The highest BCUT2D eigenvalue weighted by atomic mass is 16.4. The van der Waals surface area contributed by atoms with Gasteiger partial charge >= 0.3 is 5.97 Å². The Kier molecular flexibility index (Phi) is 3.60. The van der Waals surface area contributed by atoms with Crippen molar-refractivity contribution in [1.29, 1.82) is 0 Å². The predicted molar refractivity (Wildman–Crippen MR) is 65.2 cm³/mol. The number of piperidine rings is 1. The van der Waals surface area contributed by atoms with Gasteiger partial charge in [0.2, 0.25) is 0 Å². The van der Waals surface area contributed by atoms with E-state index in [0.29, 0.717) is 25.1 Å². The van der Waals surface area contributed by atoms with E-state index in [-0.39, 0.29) is 5.91 Å². The molecule has 1 aromatic rings. The van der Waals surface area contributed by atoms with E-state index in [4.69, 9.17) is 5.11 Å². The summed E-state index contributed by atoms with van der Waals surface area (Å²) in [5.41, 5.74) is 1.45. The number of aliphatic carboxylic acids is 1. The van der Waals surface area contributed by atoms with Crippen molar-refractivity contribution in [3.63, 3.8) is 0 Å². The molecular weight excluding hydrogens is 232 g/mol. The van der Waals surface area contributed by atoms with Crippen LogP contribution in [-0.2, 0) is 4.79 Å². The van der Waals surface area contributed by atoms with Crippen LogP contribution in [0.15, 0.2) is 18.5 Å². The molecule has 2 rings (SSSR count). The number of carboxylic acid groups (broad SMARTS) is 1. The van der Waals surface area contributed by atoms with Gasteiger partial charge in [-0.15, -0.1) is 0 Å². The van der Waals surface area contributed by atoms with E-state index in [1.165, 1.54) is 6.20 Å². The topological polar surface area (TPSA) is 70.5 Å². The van der Waals surface area contributed by atoms with E-state index in [1.54, 1.807) is 17.2 Å². The molecule has 18 heavy (non-hydrogen) atoms. The summed E-state index contributed by atoms with van der Waals surface area (Å²) in [6, 6.07) is 1.78. The normalized spacial score (nSPS) is 19.6. The van der Waals surface area contributed by atoms with Crippen molar-refractivity contribution in [2.75, 3.05) is 13.1 Å². The number of nitrogens with zero attached hydrogens (tertiary/aromatic N) is 2. The van der Waals surface area contributed by atoms with Crippen LogP contribution >= 0.6 is 0 Å². The van der Waals surface area contributed by atoms with Crippen LogP contribution in [0.1, 0.15) is 28.8 Å². The van der Waals surface area contributed by atoms with Crippen LogP contribution in [0.25, 0.3) is 0 Å². The van der Waals surface area contributed by atoms with Crippen LogP contribution in [0.5, 0.6) is 0 Å². The molecule has 1 aliphatic rings. The van der Waals surface area contributed by atoms with E-state index in [2.05, 4.69) is 4.98 Å². The molecule has 5 heteroatoms. The predicted octanol–water partition coefficient (Wildman–Crippen LogP) is 1.33. The molecule has 2 heterocycles. The molecule has 0 bridgehead atoms. The van der Waals surface area contributed by atoms with Crippen molar-refractivity contribution in [1.82, 2.24) is 9.88 Å². The number of aromatic nitrogens is 1. The fourth-order valence-corrected chi connectivity index (χ4v) is 2.22. The molecule has 1 aromatic heterocycles. The van der Waals surface area contributed by atoms with E-state index in [9.17, 15) is 9.59 Å². The van der Waals surface area contributed by atoms with Gasteiger partial charge in [0.05, 0.1) is 11.5 Å². The van der Waals surface area contributed by atoms with E-state index >= 15 is 0 Å². The van der Waals surface area contributed by atoms with Crippen molar-refractivity contribution >= 4 is 11.9 Å². The first-order valence-electron chi connectivity index (χ1n) is 6.01. The van der Waals surface area contributed by atoms with Gasteiger partial charge in [0, 0.05) is 25.5 Å². The SMILES string of the molecule is Cc1cncc(C(=O)N2CCC[C@H](C(=O)O)C2)c1. The summed E-state index contributed by atoms with van der Waals surface area (Å²) in [7, 11) is 0. The van der Waals surface area contributed by atoms with Crippen molar-refractivity contribution in [2.45, 2.75) is 19.8 Å². The lowest BCUT2D eigenvalue weighted by molar-refractivity contribution is -0.143. The van der Waals surface area contributed by atoms with Crippen LogP contribution in [-0.4, -0.2) is 40.0 Å². The molecule has 0 unspecified atom stereocenters. The second-order valence-electron chi connectivity index (χ2n) is 4.68. The first-order chi connectivity index (χ1) is 8.58. The maximum absolute atomic E-state index is 12.2. The molecule has 5 nitrogen and oxygen atoms in total. The molecule has 0 aromatic carbocycles. The van der Waals surface area contributed by atoms with Crippen molar-refractivity contribution < 1.29 is 14.7 Å². The van der Waals surface area contributed by atoms with Gasteiger partial charge < -0.3 is 10.0 Å². The summed E-state index contributed by atoms with van der Waals surface area (Å²) in [5, 5.41) is 9.00. The Balaban J connectivity index is 2.11. The number of hydrogen-bond acceptors (Lipinski definition) is 3. The first-order valence-corrected chi connectivity index (χ1v) is 6.01. The maximum Gasteiger partial charge on any atom is 0.308 e. The van der Waals surface area contributed by atoms with Gasteiger partial charge in [0.25, 0.3) is 5.91 Å². The summed E-state index contributed by atoms with van der Waals surface area (Å²) in [6.07, 6.45) is 4.60. The van der Waals surface area contributed by atoms with E-state index in [0.717, 1.165) is 12.0 Å². The van der Waals surface area contributed by atoms with Crippen LogP contribution in [0.4, 0.5) is 0 Å². The number of pyridine rings is 1. The second kappa shape index (κ2) is 5.16. The Morgan fingerprint density at radius 2 is 2.22 bits per heavy atom. The fourth-order valence-electron chi connectivity index (χ4n) is 2.22. The molecule has 0 aliphatic carbocycles. The smallest absolute Gasteiger partial charge is 0.308 e. The van der Waals surface area contributed by atoms with Crippen molar-refractivity contribution in [3.8, 4) is 0 Å². The number of amides is 1. The third-order valence-corrected chi connectivity index (χ3v) is 3.18. The minimum absolute atomic E-state index is 0.128. The molecule has 1 N–H and O–H groups in total. The monoisotopic (exact) mass is 248 g/mol. The van der Waals surface area contributed by atoms with Gasteiger partial charge in [0.15, 0.2) is 0 Å². The second-order valence-corrected chi connectivity index (χ2v) is 4.68. The molecule has 1 saturated heterocycles. The lowest BCUT2D eigenvalue weighted by Gasteiger charge is -2.30. The number of aryl methyl sites for hydroxylation is 1. The third kappa shape index (κ3) is 2.67. The third-order valence-electron chi connectivity index (χ3n) is 3.18. The van der Waals surface area contributed by atoms with Crippen LogP contribution in [0.2, 0.25) is 0 Å². The quantitative estimate of drug-likeness (QED) is 0.857. The molecule has 1 fully saturated rings. The highest BCUT2D eigenvalue weighted by Gasteiger charge is 2.28. The molecule has 1 atom stereocenters. The van der Waals surface area contributed by atoms with Crippen LogP contribution in [0.3, 0.4) is 0 Å². The van der Waals surface area contributed by atoms with Gasteiger partial charge in [-0.2, -0.15) is 0 Å². The molecule has 0 saturated carbocycles. The van der Waals surface area contributed by atoms with Crippen LogP contribution < -0.4 is 0 Å². The minimum Gasteiger partial charge on any atom is -0.481 e. The van der Waals surface area contributed by atoms with E-state index in [1.807, 2.05) is 6.92 Å². The van der Waals surface area contributed by atoms with Gasteiger partial charge in [-0.1, -0.05) is 0 Å². The van der Waals surface area contributed by atoms with Crippen LogP contribution in [0, 0.1) is 12.8 Å². The zero-order valence-corrected chi connectivity index (χ0v) is 10.3. The molecule has 96 valence electrons. The van der Waals surface area contributed by atoms with Crippen molar-refractivity contribution in [3.05, 3.63) is 29.6 Å². The van der Waals surface area contributed by atoms with Gasteiger partial charge in [-0.25, -0.2) is 0 Å². The molecule has 1 amide bonds. The number of carbonyl (C=O) groups is 2. The Hall–Kier alpha value is -1.91. The summed E-state index contributed by atoms with van der Waals surface area (Å²) in [6.45, 7) is 2.79. The highest BCUT2D eigenvalue weighted by molar-refractivity contribution is 5.94. The number of hydrogen-bond donors (Lipinski definition) is 1. The molecule has 0 spiro atoms.